The third-order valence-corrected chi connectivity index (χ3v) is 3.90. The molecule has 1 N–H and O–H groups in total. The van der Waals surface area contributed by atoms with Gasteiger partial charge in [-0.3, -0.25) is 4.68 Å². The van der Waals surface area contributed by atoms with Gasteiger partial charge in [-0.2, -0.15) is 5.10 Å². The first-order valence-corrected chi connectivity index (χ1v) is 8.36. The summed E-state index contributed by atoms with van der Waals surface area (Å²) < 4.78 is 2.26. The fraction of sp³-hybridized carbons (Fsp3) is 0.824. The third-order valence-electron chi connectivity index (χ3n) is 3.90. The van der Waals surface area contributed by atoms with Crippen LogP contribution in [0.4, 0.5) is 0 Å². The zero-order chi connectivity index (χ0) is 15.1. The Morgan fingerprint density at radius 2 is 1.80 bits per heavy atom. The van der Waals surface area contributed by atoms with Crippen LogP contribution in [-0.4, -0.2) is 16.3 Å². The first-order valence-electron chi connectivity index (χ1n) is 8.36. The van der Waals surface area contributed by atoms with Gasteiger partial charge in [0.25, 0.3) is 0 Å². The highest BCUT2D eigenvalue weighted by atomic mass is 15.3. The molecule has 1 heterocycles. The molecule has 0 fully saturated rings. The topological polar surface area (TPSA) is 29.9 Å². The molecule has 1 unspecified atom stereocenters. The van der Waals surface area contributed by atoms with Gasteiger partial charge in [0.2, 0.25) is 0 Å². The Morgan fingerprint density at radius 1 is 1.10 bits per heavy atom. The van der Waals surface area contributed by atoms with E-state index in [1.165, 1.54) is 29.8 Å². The molecule has 0 radical (unpaired) electrons. The Bertz CT molecular complexity index is 393. The Balaban J connectivity index is 3.00. The maximum Gasteiger partial charge on any atom is 0.0672 e. The van der Waals surface area contributed by atoms with Crippen LogP contribution < -0.4 is 5.32 Å². The molecule has 0 amide bonds. The van der Waals surface area contributed by atoms with Gasteiger partial charge >= 0.3 is 0 Å². The lowest BCUT2D eigenvalue weighted by Gasteiger charge is -2.16. The number of aryl methyl sites for hydroxylation is 2. The van der Waals surface area contributed by atoms with Crippen molar-refractivity contribution in [1.82, 2.24) is 15.1 Å². The van der Waals surface area contributed by atoms with E-state index in [4.69, 9.17) is 5.10 Å². The van der Waals surface area contributed by atoms with Gasteiger partial charge in [-0.1, -0.05) is 34.6 Å². The van der Waals surface area contributed by atoms with Crippen molar-refractivity contribution in [3.8, 4) is 0 Å². The van der Waals surface area contributed by atoms with Crippen molar-refractivity contribution in [2.24, 2.45) is 5.92 Å². The van der Waals surface area contributed by atoms with Crippen molar-refractivity contribution in [2.45, 2.75) is 79.8 Å². The summed E-state index contributed by atoms with van der Waals surface area (Å²) in [7, 11) is 0. The van der Waals surface area contributed by atoms with Crippen LogP contribution in [0.15, 0.2) is 0 Å². The van der Waals surface area contributed by atoms with Gasteiger partial charge in [0, 0.05) is 23.8 Å². The average molecular weight is 279 g/mol. The molecule has 116 valence electrons. The Kier molecular flexibility index (Phi) is 7.28. The second kappa shape index (κ2) is 8.46. The van der Waals surface area contributed by atoms with Crippen molar-refractivity contribution in [1.29, 1.82) is 0 Å². The number of hydrogen-bond acceptors (Lipinski definition) is 2. The summed E-state index contributed by atoms with van der Waals surface area (Å²) in [5.74, 6) is 0.730. The summed E-state index contributed by atoms with van der Waals surface area (Å²) in [5, 5.41) is 8.50. The second-order valence-electron chi connectivity index (χ2n) is 6.10. The van der Waals surface area contributed by atoms with E-state index in [0.29, 0.717) is 6.04 Å². The molecule has 0 bridgehead atoms. The van der Waals surface area contributed by atoms with Crippen LogP contribution in [0.1, 0.15) is 77.4 Å². The van der Waals surface area contributed by atoms with Crippen LogP contribution in [0.25, 0.3) is 0 Å². The summed E-state index contributed by atoms with van der Waals surface area (Å²) >= 11 is 0. The zero-order valence-corrected chi connectivity index (χ0v) is 14.3. The first-order chi connectivity index (χ1) is 9.54. The first kappa shape index (κ1) is 17.2. The summed E-state index contributed by atoms with van der Waals surface area (Å²) in [6, 6.07) is 0.410. The number of nitrogens with one attached hydrogen (secondary N) is 1. The van der Waals surface area contributed by atoms with Crippen LogP contribution in [0.5, 0.6) is 0 Å². The predicted molar refractivity (Wildman–Crippen MR) is 87.1 cm³/mol. The maximum atomic E-state index is 4.88. The molecule has 1 atom stereocenters. The second-order valence-corrected chi connectivity index (χ2v) is 6.10. The third kappa shape index (κ3) is 4.34. The van der Waals surface area contributed by atoms with E-state index < -0.39 is 0 Å². The summed E-state index contributed by atoms with van der Waals surface area (Å²) in [5.41, 5.74) is 4.16. The lowest BCUT2D eigenvalue weighted by atomic mass is 10.0. The van der Waals surface area contributed by atoms with E-state index in [9.17, 15) is 0 Å². The molecule has 3 heteroatoms. The van der Waals surface area contributed by atoms with E-state index in [1.54, 1.807) is 0 Å². The van der Waals surface area contributed by atoms with Gasteiger partial charge in [-0.05, 0) is 45.1 Å². The predicted octanol–water partition coefficient (Wildman–Crippen LogP) is 4.11. The minimum atomic E-state index is 0.410. The molecule has 20 heavy (non-hydrogen) atoms. The Morgan fingerprint density at radius 3 is 2.30 bits per heavy atom. The summed E-state index contributed by atoms with van der Waals surface area (Å²) in [6.45, 7) is 15.6. The molecule has 1 rings (SSSR count). The zero-order valence-electron chi connectivity index (χ0n) is 14.3. The van der Waals surface area contributed by atoms with E-state index in [1.807, 2.05) is 0 Å². The molecule has 0 saturated heterocycles. The highest BCUT2D eigenvalue weighted by Gasteiger charge is 2.20. The number of rotatable bonds is 9. The molecule has 0 saturated carbocycles. The Labute approximate surface area is 125 Å². The van der Waals surface area contributed by atoms with Gasteiger partial charge in [-0.15, -0.1) is 0 Å². The molecule has 0 aliphatic heterocycles. The van der Waals surface area contributed by atoms with Gasteiger partial charge in [0.15, 0.2) is 0 Å². The van der Waals surface area contributed by atoms with Crippen molar-refractivity contribution in [2.75, 3.05) is 6.54 Å². The lowest BCUT2D eigenvalue weighted by molar-refractivity contribution is 0.473. The van der Waals surface area contributed by atoms with Gasteiger partial charge < -0.3 is 5.32 Å². The van der Waals surface area contributed by atoms with E-state index in [0.717, 1.165) is 31.8 Å². The molecule has 0 aliphatic rings. The lowest BCUT2D eigenvalue weighted by Crippen LogP contribution is -2.21. The van der Waals surface area contributed by atoms with E-state index in [-0.39, 0.29) is 0 Å². The average Bonchev–Trinajstić information content (AvgIpc) is 2.80. The fourth-order valence-electron chi connectivity index (χ4n) is 2.73. The van der Waals surface area contributed by atoms with Crippen molar-refractivity contribution in [3.05, 3.63) is 17.0 Å². The summed E-state index contributed by atoms with van der Waals surface area (Å²) in [4.78, 5) is 0. The largest absolute Gasteiger partial charge is 0.310 e. The summed E-state index contributed by atoms with van der Waals surface area (Å²) in [6.07, 6.45) is 4.47. The normalized spacial score (nSPS) is 13.2. The van der Waals surface area contributed by atoms with E-state index >= 15 is 0 Å². The molecule has 3 nitrogen and oxygen atoms in total. The van der Waals surface area contributed by atoms with Crippen LogP contribution in [0.2, 0.25) is 0 Å². The van der Waals surface area contributed by atoms with Gasteiger partial charge in [0.1, 0.15) is 0 Å². The molecular formula is C17H33N3. The quantitative estimate of drug-likeness (QED) is 0.737. The van der Waals surface area contributed by atoms with Crippen LogP contribution in [0.3, 0.4) is 0 Å². The smallest absolute Gasteiger partial charge is 0.0672 e. The van der Waals surface area contributed by atoms with Gasteiger partial charge in [0.05, 0.1) is 5.69 Å². The molecule has 0 aromatic carbocycles. The van der Waals surface area contributed by atoms with Crippen molar-refractivity contribution < 1.29 is 0 Å². The highest BCUT2D eigenvalue weighted by Crippen LogP contribution is 2.24. The fourth-order valence-corrected chi connectivity index (χ4v) is 2.73. The number of hydrogen-bond donors (Lipinski definition) is 1. The molecule has 1 aromatic heterocycles. The minimum absolute atomic E-state index is 0.410. The number of nitrogens with zero attached hydrogens (tertiary/aromatic N) is 2. The molecule has 0 spiro atoms. The molecule has 0 aliphatic carbocycles. The van der Waals surface area contributed by atoms with Crippen molar-refractivity contribution >= 4 is 0 Å². The monoisotopic (exact) mass is 279 g/mol. The van der Waals surface area contributed by atoms with Crippen molar-refractivity contribution in [3.63, 3.8) is 0 Å². The number of aromatic nitrogens is 2. The minimum Gasteiger partial charge on any atom is -0.310 e. The standard InChI is InChI=1S/C17H33N3/c1-7-11-18-14(6)17-15(8-2)19-20(16(17)9-3)12-10-13(4)5/h13-14,18H,7-12H2,1-6H3. The Hall–Kier alpha value is -0.830. The van der Waals surface area contributed by atoms with Gasteiger partial charge in [-0.25, -0.2) is 0 Å². The maximum absolute atomic E-state index is 4.88. The van der Waals surface area contributed by atoms with Crippen LogP contribution in [-0.2, 0) is 19.4 Å². The van der Waals surface area contributed by atoms with Crippen LogP contribution >= 0.6 is 0 Å². The SMILES string of the molecule is CCCNC(C)c1c(CC)nn(CCC(C)C)c1CC. The molecule has 1 aromatic rings. The van der Waals surface area contributed by atoms with E-state index in [2.05, 4.69) is 51.5 Å². The molecular weight excluding hydrogens is 246 g/mol. The van der Waals surface area contributed by atoms with Crippen LogP contribution in [0, 0.1) is 5.92 Å². The highest BCUT2D eigenvalue weighted by molar-refractivity contribution is 5.30.